The number of fused-ring (bicyclic) bond motifs is 1. The minimum absolute atomic E-state index is 0.0836. The van der Waals surface area contributed by atoms with Gasteiger partial charge in [0.25, 0.3) is 0 Å². The number of nitrogens with zero attached hydrogens (tertiary/aromatic N) is 1. The zero-order valence-electron chi connectivity index (χ0n) is 11.5. The number of esters is 2. The van der Waals surface area contributed by atoms with Crippen LogP contribution in [-0.2, 0) is 19.1 Å². The zero-order valence-corrected chi connectivity index (χ0v) is 11.5. The first-order valence-corrected chi connectivity index (χ1v) is 7.10. The van der Waals surface area contributed by atoms with Crippen LogP contribution in [0.25, 0.3) is 0 Å². The molecule has 0 radical (unpaired) electrons. The third-order valence-corrected chi connectivity index (χ3v) is 4.75. The van der Waals surface area contributed by atoms with Gasteiger partial charge in [0.2, 0.25) is 0 Å². The average Bonchev–Trinajstić information content (AvgIpc) is 2.94. The van der Waals surface area contributed by atoms with Gasteiger partial charge in [-0.3, -0.25) is 9.59 Å². The smallest absolute Gasteiger partial charge is 0.310 e. The molecule has 5 nitrogen and oxygen atoms in total. The van der Waals surface area contributed by atoms with Crippen LogP contribution in [0, 0.1) is 23.7 Å². The van der Waals surface area contributed by atoms with Gasteiger partial charge in [0, 0.05) is 12.5 Å². The van der Waals surface area contributed by atoms with E-state index < -0.39 is 0 Å². The molecule has 0 aromatic heterocycles. The zero-order chi connectivity index (χ0) is 13.6. The molecule has 0 N–H and O–H groups in total. The van der Waals surface area contributed by atoms with Crippen molar-refractivity contribution in [1.82, 2.24) is 4.90 Å². The van der Waals surface area contributed by atoms with Crippen molar-refractivity contribution in [2.24, 2.45) is 23.7 Å². The van der Waals surface area contributed by atoms with Crippen LogP contribution in [0.4, 0.5) is 0 Å². The van der Waals surface area contributed by atoms with Crippen LogP contribution in [0.15, 0.2) is 0 Å². The van der Waals surface area contributed by atoms with E-state index in [0.717, 1.165) is 25.8 Å². The van der Waals surface area contributed by atoms with Gasteiger partial charge < -0.3 is 14.4 Å². The maximum Gasteiger partial charge on any atom is 0.310 e. The minimum Gasteiger partial charge on any atom is -0.465 e. The van der Waals surface area contributed by atoms with E-state index in [1.165, 1.54) is 0 Å². The van der Waals surface area contributed by atoms with Gasteiger partial charge in [0.05, 0.1) is 18.4 Å². The van der Waals surface area contributed by atoms with E-state index in [9.17, 15) is 9.59 Å². The van der Waals surface area contributed by atoms with E-state index in [2.05, 4.69) is 4.90 Å². The monoisotopic (exact) mass is 267 g/mol. The first-order chi connectivity index (χ1) is 9.08. The van der Waals surface area contributed by atoms with Crippen LogP contribution in [0.2, 0.25) is 0 Å². The summed E-state index contributed by atoms with van der Waals surface area (Å²) in [6.45, 7) is 1.34. The van der Waals surface area contributed by atoms with Crippen LogP contribution in [0.1, 0.15) is 19.3 Å². The third kappa shape index (κ3) is 2.14. The molecule has 1 aliphatic heterocycles. The van der Waals surface area contributed by atoms with Crippen LogP contribution in [0.3, 0.4) is 0 Å². The van der Waals surface area contributed by atoms with E-state index in [0.29, 0.717) is 12.5 Å². The lowest BCUT2D eigenvalue weighted by atomic mass is 9.80. The molecule has 2 saturated carbocycles. The average molecular weight is 267 g/mol. The third-order valence-electron chi connectivity index (χ3n) is 4.75. The van der Waals surface area contributed by atoms with Gasteiger partial charge >= 0.3 is 11.9 Å². The van der Waals surface area contributed by atoms with E-state index >= 15 is 0 Å². The Bertz CT molecular complexity index is 393. The van der Waals surface area contributed by atoms with Crippen LogP contribution < -0.4 is 0 Å². The molecule has 19 heavy (non-hydrogen) atoms. The number of ether oxygens (including phenoxy) is 2. The maximum atomic E-state index is 12.2. The summed E-state index contributed by atoms with van der Waals surface area (Å²) < 4.78 is 10.7. The molecule has 3 aliphatic rings. The van der Waals surface area contributed by atoms with Crippen molar-refractivity contribution in [3.05, 3.63) is 0 Å². The first-order valence-electron chi connectivity index (χ1n) is 7.10. The van der Waals surface area contributed by atoms with E-state index in [1.807, 2.05) is 14.1 Å². The molecule has 0 aromatic rings. The molecule has 106 valence electrons. The molecular weight excluding hydrogens is 246 g/mol. The molecule has 5 atom stereocenters. The molecule has 3 rings (SSSR count). The van der Waals surface area contributed by atoms with Crippen molar-refractivity contribution in [3.8, 4) is 0 Å². The van der Waals surface area contributed by atoms with E-state index in [4.69, 9.17) is 9.47 Å². The van der Waals surface area contributed by atoms with Crippen molar-refractivity contribution in [1.29, 1.82) is 0 Å². The second-order valence-electron chi connectivity index (χ2n) is 6.25. The second-order valence-corrected chi connectivity index (χ2v) is 6.25. The lowest BCUT2D eigenvalue weighted by molar-refractivity contribution is -0.155. The molecular formula is C14H21NO4. The predicted molar refractivity (Wildman–Crippen MR) is 67.2 cm³/mol. The SMILES string of the molecule is CN(C)CCCOC(=O)[C@H]1[C@H]2C[C@@H]3[C@@H]1C(=O)O[C@@H]3C2. The molecule has 3 fully saturated rings. The van der Waals surface area contributed by atoms with Crippen molar-refractivity contribution in [2.45, 2.75) is 25.4 Å². The molecule has 1 heterocycles. The Morgan fingerprint density at radius 3 is 2.95 bits per heavy atom. The van der Waals surface area contributed by atoms with Gasteiger partial charge in [0.15, 0.2) is 0 Å². The summed E-state index contributed by atoms with van der Waals surface area (Å²) in [4.78, 5) is 26.0. The van der Waals surface area contributed by atoms with Gasteiger partial charge in [-0.05, 0) is 39.3 Å². The molecule has 0 aromatic carbocycles. The fourth-order valence-electron chi connectivity index (χ4n) is 3.97. The predicted octanol–water partition coefficient (Wildman–Crippen LogP) is 0.679. The standard InChI is InChI=1S/C14H21NO4/c1-15(2)4-3-5-18-13(16)11-8-6-9-10(7-8)19-14(17)12(9)11/h8-12H,3-7H2,1-2H3/t8-,9-,10+,11-,12-/m0/s1. The Kier molecular flexibility index (Phi) is 3.25. The number of hydrogen-bond acceptors (Lipinski definition) is 5. The van der Waals surface area contributed by atoms with Gasteiger partial charge in [-0.1, -0.05) is 0 Å². The topological polar surface area (TPSA) is 55.8 Å². The highest BCUT2D eigenvalue weighted by Crippen LogP contribution is 2.57. The van der Waals surface area contributed by atoms with Crippen molar-refractivity contribution < 1.29 is 19.1 Å². The summed E-state index contributed by atoms with van der Waals surface area (Å²) in [5, 5.41) is 0. The Hall–Kier alpha value is -1.10. The Morgan fingerprint density at radius 2 is 2.21 bits per heavy atom. The van der Waals surface area contributed by atoms with Gasteiger partial charge in [0.1, 0.15) is 6.10 Å². The number of rotatable bonds is 5. The van der Waals surface area contributed by atoms with Crippen LogP contribution >= 0.6 is 0 Å². The van der Waals surface area contributed by atoms with Crippen molar-refractivity contribution >= 4 is 11.9 Å². The fourth-order valence-corrected chi connectivity index (χ4v) is 3.97. The number of carbonyl (C=O) groups excluding carboxylic acids is 2. The Morgan fingerprint density at radius 1 is 1.42 bits per heavy atom. The first kappa shape index (κ1) is 12.9. The summed E-state index contributed by atoms with van der Waals surface area (Å²) >= 11 is 0. The Labute approximate surface area is 113 Å². The summed E-state index contributed by atoms with van der Waals surface area (Å²) in [6.07, 6.45) is 2.72. The lowest BCUT2D eigenvalue weighted by Gasteiger charge is -2.22. The summed E-state index contributed by atoms with van der Waals surface area (Å²) in [5.74, 6) is -0.246. The molecule has 2 bridgehead atoms. The largest absolute Gasteiger partial charge is 0.465 e. The van der Waals surface area contributed by atoms with Crippen molar-refractivity contribution in [2.75, 3.05) is 27.2 Å². The van der Waals surface area contributed by atoms with E-state index in [1.54, 1.807) is 0 Å². The molecule has 1 saturated heterocycles. The number of hydrogen-bond donors (Lipinski definition) is 0. The van der Waals surface area contributed by atoms with Gasteiger partial charge in [-0.15, -0.1) is 0 Å². The highest BCUT2D eigenvalue weighted by molar-refractivity contribution is 5.85. The summed E-state index contributed by atoms with van der Waals surface area (Å²) in [6, 6.07) is 0. The normalized spacial score (nSPS) is 38.9. The fraction of sp³-hybridized carbons (Fsp3) is 0.857. The van der Waals surface area contributed by atoms with Crippen molar-refractivity contribution in [3.63, 3.8) is 0 Å². The summed E-state index contributed by atoms with van der Waals surface area (Å²) in [5.41, 5.74) is 0. The summed E-state index contributed by atoms with van der Waals surface area (Å²) in [7, 11) is 3.98. The highest BCUT2D eigenvalue weighted by atomic mass is 16.6. The number of carbonyl (C=O) groups is 2. The van der Waals surface area contributed by atoms with E-state index in [-0.39, 0.29) is 35.8 Å². The minimum atomic E-state index is -0.240. The Balaban J connectivity index is 1.55. The molecule has 2 aliphatic carbocycles. The molecule has 0 unspecified atom stereocenters. The molecule has 0 spiro atoms. The lowest BCUT2D eigenvalue weighted by Crippen LogP contribution is -2.33. The van der Waals surface area contributed by atoms with Gasteiger partial charge in [-0.2, -0.15) is 0 Å². The highest BCUT2D eigenvalue weighted by Gasteiger charge is 2.64. The van der Waals surface area contributed by atoms with Crippen LogP contribution in [0.5, 0.6) is 0 Å². The maximum absolute atomic E-state index is 12.2. The second kappa shape index (κ2) is 4.78. The van der Waals surface area contributed by atoms with Crippen LogP contribution in [-0.4, -0.2) is 50.2 Å². The quantitative estimate of drug-likeness (QED) is 0.541. The molecule has 5 heteroatoms. The molecule has 0 amide bonds. The van der Waals surface area contributed by atoms with Gasteiger partial charge in [-0.25, -0.2) is 0 Å².